The minimum absolute atomic E-state index is 0.0289. The van der Waals surface area contributed by atoms with Crippen molar-refractivity contribution in [3.8, 4) is 11.1 Å². The maximum absolute atomic E-state index is 10.8. The van der Waals surface area contributed by atoms with Crippen LogP contribution in [0.4, 0.5) is 0 Å². The zero-order valence-electron chi connectivity index (χ0n) is 17.3. The molecule has 5 heteroatoms. The number of fused-ring (bicyclic) bond motifs is 3. The Bertz CT molecular complexity index is 1260. The molecule has 0 aliphatic rings. The highest BCUT2D eigenvalue weighted by Gasteiger charge is 2.18. The number of pyridine rings is 1. The smallest absolute Gasteiger partial charge is 0.305 e. The molecule has 0 amide bonds. The van der Waals surface area contributed by atoms with E-state index in [1.165, 1.54) is 0 Å². The van der Waals surface area contributed by atoms with Crippen molar-refractivity contribution in [1.82, 2.24) is 4.40 Å². The summed E-state index contributed by atoms with van der Waals surface area (Å²) in [6.45, 7) is 2.04. The van der Waals surface area contributed by atoms with Gasteiger partial charge in [-0.3, -0.25) is 4.79 Å². The summed E-state index contributed by atoms with van der Waals surface area (Å²) in [5.41, 5.74) is 5.26. The van der Waals surface area contributed by atoms with Crippen LogP contribution in [0, 0.1) is 6.92 Å². The van der Waals surface area contributed by atoms with E-state index in [1.54, 1.807) is 6.08 Å². The summed E-state index contributed by atoms with van der Waals surface area (Å²) in [5.74, 6) is -1.09. The molecule has 2 heterocycles. The van der Waals surface area contributed by atoms with E-state index in [0.717, 1.165) is 38.7 Å². The summed E-state index contributed by atoms with van der Waals surface area (Å²) in [4.78, 5) is 10.8. The van der Waals surface area contributed by atoms with Crippen molar-refractivity contribution in [1.29, 1.82) is 0 Å². The highest BCUT2D eigenvalue weighted by Crippen LogP contribution is 2.37. The van der Waals surface area contributed by atoms with Gasteiger partial charge in [-0.1, -0.05) is 66.7 Å². The summed E-state index contributed by atoms with van der Waals surface area (Å²) >= 11 is 0. The van der Waals surface area contributed by atoms with Crippen LogP contribution in [0.3, 0.4) is 0 Å². The van der Waals surface area contributed by atoms with E-state index < -0.39 is 18.2 Å². The van der Waals surface area contributed by atoms with Crippen LogP contribution in [0.5, 0.6) is 0 Å². The number of aryl methyl sites for hydroxylation is 1. The number of carbonyl (C=O) groups is 1. The predicted octanol–water partition coefficient (Wildman–Crippen LogP) is 4.67. The van der Waals surface area contributed by atoms with E-state index in [-0.39, 0.29) is 12.8 Å². The van der Waals surface area contributed by atoms with Crippen molar-refractivity contribution in [2.45, 2.75) is 32.0 Å². The Kier molecular flexibility index (Phi) is 5.89. The lowest BCUT2D eigenvalue weighted by Gasteiger charge is -2.11. The second-order valence-corrected chi connectivity index (χ2v) is 7.78. The maximum atomic E-state index is 10.8. The third-order valence-corrected chi connectivity index (χ3v) is 5.59. The largest absolute Gasteiger partial charge is 0.481 e. The zero-order chi connectivity index (χ0) is 22.0. The van der Waals surface area contributed by atoms with Gasteiger partial charge in [0.25, 0.3) is 0 Å². The quantitative estimate of drug-likeness (QED) is 0.410. The summed E-state index contributed by atoms with van der Waals surface area (Å²) in [5, 5.41) is 31.3. The Labute approximate surface area is 180 Å². The van der Waals surface area contributed by atoms with Gasteiger partial charge in [-0.25, -0.2) is 0 Å². The van der Waals surface area contributed by atoms with Gasteiger partial charge in [0.1, 0.15) is 0 Å². The first-order chi connectivity index (χ1) is 15.0. The first-order valence-electron chi connectivity index (χ1n) is 10.3. The summed E-state index contributed by atoms with van der Waals surface area (Å²) in [7, 11) is 0. The molecule has 0 aliphatic heterocycles. The molecule has 0 spiro atoms. The number of hydrogen-bond acceptors (Lipinski definition) is 3. The normalized spacial score (nSPS) is 13.8. The van der Waals surface area contributed by atoms with Gasteiger partial charge in [0.15, 0.2) is 0 Å². The van der Waals surface area contributed by atoms with Crippen LogP contribution in [-0.2, 0) is 4.79 Å². The van der Waals surface area contributed by atoms with E-state index in [4.69, 9.17) is 5.11 Å². The van der Waals surface area contributed by atoms with Crippen LogP contribution in [-0.4, -0.2) is 37.9 Å². The van der Waals surface area contributed by atoms with Gasteiger partial charge < -0.3 is 19.7 Å². The molecule has 2 unspecified atom stereocenters. The molecule has 0 radical (unpaired) electrons. The predicted molar refractivity (Wildman–Crippen MR) is 123 cm³/mol. The molecule has 31 heavy (non-hydrogen) atoms. The van der Waals surface area contributed by atoms with Gasteiger partial charge in [-0.2, -0.15) is 0 Å². The van der Waals surface area contributed by atoms with E-state index >= 15 is 0 Å². The Balaban J connectivity index is 1.84. The van der Waals surface area contributed by atoms with Gasteiger partial charge in [-0.05, 0) is 23.9 Å². The number of carboxylic acids is 1. The van der Waals surface area contributed by atoms with Crippen LogP contribution in [0.2, 0.25) is 0 Å². The van der Waals surface area contributed by atoms with Crippen LogP contribution in [0.25, 0.3) is 33.5 Å². The van der Waals surface area contributed by atoms with Crippen molar-refractivity contribution in [2.75, 3.05) is 0 Å². The fourth-order valence-electron chi connectivity index (χ4n) is 4.14. The molecule has 0 bridgehead atoms. The van der Waals surface area contributed by atoms with E-state index in [9.17, 15) is 15.0 Å². The minimum Gasteiger partial charge on any atom is -0.481 e. The van der Waals surface area contributed by atoms with E-state index in [0.29, 0.717) is 0 Å². The molecule has 2 aromatic carbocycles. The average molecular weight is 415 g/mol. The van der Waals surface area contributed by atoms with Crippen LogP contribution in [0.15, 0.2) is 72.9 Å². The number of rotatable bonds is 7. The number of carboxylic acid groups (broad SMARTS) is 1. The minimum atomic E-state index is -1.09. The monoisotopic (exact) mass is 415 g/mol. The van der Waals surface area contributed by atoms with Crippen molar-refractivity contribution in [2.24, 2.45) is 0 Å². The molecular formula is C26H25NO4. The van der Waals surface area contributed by atoms with Crippen molar-refractivity contribution >= 4 is 28.3 Å². The average Bonchev–Trinajstić information content (AvgIpc) is 3.04. The molecule has 0 saturated carbocycles. The molecule has 2 atom stereocenters. The summed E-state index contributed by atoms with van der Waals surface area (Å²) in [6.07, 6.45) is 3.10. The van der Waals surface area contributed by atoms with Crippen LogP contribution >= 0.6 is 0 Å². The molecule has 0 saturated heterocycles. The lowest BCUT2D eigenvalue weighted by molar-refractivity contribution is -0.139. The Morgan fingerprint density at radius 2 is 1.74 bits per heavy atom. The number of aliphatic hydroxyl groups is 2. The fourth-order valence-corrected chi connectivity index (χ4v) is 4.14. The topological polar surface area (TPSA) is 82.2 Å². The van der Waals surface area contributed by atoms with Crippen molar-refractivity contribution in [3.05, 3.63) is 84.2 Å². The van der Waals surface area contributed by atoms with E-state index in [2.05, 4.69) is 40.9 Å². The maximum Gasteiger partial charge on any atom is 0.305 e. The number of aromatic nitrogens is 1. The number of aliphatic hydroxyl groups excluding tert-OH is 2. The van der Waals surface area contributed by atoms with Gasteiger partial charge in [-0.15, -0.1) is 0 Å². The van der Waals surface area contributed by atoms with Gasteiger partial charge in [0, 0.05) is 34.8 Å². The molecule has 4 aromatic rings. The van der Waals surface area contributed by atoms with Gasteiger partial charge in [0.2, 0.25) is 0 Å². The Morgan fingerprint density at radius 3 is 2.48 bits per heavy atom. The molecule has 5 nitrogen and oxygen atoms in total. The SMILES string of the molecule is Cc1c(/C=C/C(O)CC(O)CC(=O)O)c(-c2ccccc2)c2c3ccccc3ccn12. The Hall–Kier alpha value is -3.41. The number of hydrogen-bond donors (Lipinski definition) is 3. The first kappa shape index (κ1) is 20.8. The lowest BCUT2D eigenvalue weighted by atomic mass is 9.98. The van der Waals surface area contributed by atoms with Crippen molar-refractivity contribution < 1.29 is 20.1 Å². The number of nitrogens with zero attached hydrogens (tertiary/aromatic N) is 1. The van der Waals surface area contributed by atoms with Gasteiger partial charge >= 0.3 is 5.97 Å². The molecule has 3 N–H and O–H groups in total. The Morgan fingerprint density at radius 1 is 1.03 bits per heavy atom. The third-order valence-electron chi connectivity index (χ3n) is 5.59. The van der Waals surface area contributed by atoms with Crippen molar-refractivity contribution in [3.63, 3.8) is 0 Å². The summed E-state index contributed by atoms with van der Waals surface area (Å²) in [6, 6.07) is 20.5. The highest BCUT2D eigenvalue weighted by atomic mass is 16.4. The molecular weight excluding hydrogens is 390 g/mol. The van der Waals surface area contributed by atoms with E-state index in [1.807, 2.05) is 43.3 Å². The standard InChI is InChI=1S/C26H25NO4/c1-17-22(12-11-20(28)15-21(29)16-24(30)31)25(19-8-3-2-4-9-19)26-23-10-6-5-7-18(23)13-14-27(17)26/h2-14,20-21,28-29H,15-16H2,1H3,(H,30,31)/b12-11+. The first-order valence-corrected chi connectivity index (χ1v) is 10.3. The fraction of sp³-hybridized carbons (Fsp3) is 0.192. The molecule has 2 aromatic heterocycles. The summed E-state index contributed by atoms with van der Waals surface area (Å²) < 4.78 is 2.16. The number of aliphatic carboxylic acids is 1. The molecule has 0 aliphatic carbocycles. The highest BCUT2D eigenvalue weighted by molar-refractivity contribution is 6.06. The van der Waals surface area contributed by atoms with Gasteiger partial charge in [0.05, 0.1) is 24.1 Å². The van der Waals surface area contributed by atoms with Crippen LogP contribution in [0.1, 0.15) is 24.1 Å². The molecule has 158 valence electrons. The second kappa shape index (κ2) is 8.76. The molecule has 0 fully saturated rings. The second-order valence-electron chi connectivity index (χ2n) is 7.78. The third kappa shape index (κ3) is 4.24. The lowest BCUT2D eigenvalue weighted by Crippen LogP contribution is -2.19. The number of benzene rings is 2. The van der Waals surface area contributed by atoms with Crippen LogP contribution < -0.4 is 0 Å². The molecule has 4 rings (SSSR count). The zero-order valence-corrected chi connectivity index (χ0v) is 17.3.